The van der Waals surface area contributed by atoms with E-state index in [9.17, 15) is 12.9 Å². The van der Waals surface area contributed by atoms with Gasteiger partial charge in [0.2, 0.25) is 0 Å². The van der Waals surface area contributed by atoms with Crippen LogP contribution in [0.3, 0.4) is 0 Å². The average molecular weight is 213 g/mol. The van der Waals surface area contributed by atoms with Crippen LogP contribution in [0.15, 0.2) is 30.3 Å². The molecule has 2 rings (SSSR count). The highest BCUT2D eigenvalue weighted by Crippen LogP contribution is 2.62. The lowest BCUT2D eigenvalue weighted by atomic mass is 9.44. The zero-order valence-electron chi connectivity index (χ0n) is 8.59. The van der Waals surface area contributed by atoms with Crippen molar-refractivity contribution in [3.63, 3.8) is 0 Å². The van der Waals surface area contributed by atoms with Crippen LogP contribution < -0.4 is 0 Å². The highest BCUT2D eigenvalue weighted by atomic mass is 19.4. The molecule has 0 N–H and O–H groups in total. The molecule has 1 saturated carbocycles. The maximum absolute atomic E-state index is 12.6. The summed E-state index contributed by atoms with van der Waals surface area (Å²) in [7, 11) is 0. The molecule has 1 aliphatic rings. The summed E-state index contributed by atoms with van der Waals surface area (Å²) in [5, 5.41) is -1.40. The molecule has 0 nitrogen and oxygen atoms in total. The molecular weight excluding hydrogens is 200 g/mol. The molecule has 0 heterocycles. The molecule has 82 valence electrons. The molecule has 1 aromatic carbocycles. The summed E-state index contributed by atoms with van der Waals surface area (Å²) < 4.78 is 37.9. The second-order valence-electron chi connectivity index (χ2n) is 4.74. The highest BCUT2D eigenvalue weighted by Gasteiger charge is 2.53. The molecule has 0 spiro atoms. The molecule has 1 aromatic rings. The Balaban J connectivity index is 2.05. The minimum atomic E-state index is -4.69. The zero-order valence-corrected chi connectivity index (χ0v) is 8.59. The van der Waals surface area contributed by atoms with Crippen LogP contribution in [0.5, 0.6) is 0 Å². The summed E-state index contributed by atoms with van der Waals surface area (Å²) in [6.07, 6.45) is 0.501. The fourth-order valence-corrected chi connectivity index (χ4v) is 2.29. The van der Waals surface area contributed by atoms with Crippen LogP contribution in [0.25, 0.3) is 0 Å². The van der Waals surface area contributed by atoms with E-state index in [1.54, 1.807) is 0 Å². The average Bonchev–Trinajstić information content (AvgIpc) is 2.12. The standard InChI is InChI=1S/C11H13BF3/c1-11(12(13,14)15)7-10(8-11)9-5-3-2-4-6-9/h2-6,10H,7-8H2,1H3/q-1. The van der Waals surface area contributed by atoms with Gasteiger partial charge < -0.3 is 12.9 Å². The number of rotatable bonds is 2. The van der Waals surface area contributed by atoms with Gasteiger partial charge in [0, 0.05) is 0 Å². The smallest absolute Gasteiger partial charge is 0.449 e. The number of hydrogen-bond acceptors (Lipinski definition) is 0. The van der Waals surface area contributed by atoms with E-state index in [1.807, 2.05) is 30.3 Å². The van der Waals surface area contributed by atoms with Crippen molar-refractivity contribution in [2.24, 2.45) is 0 Å². The maximum Gasteiger partial charge on any atom is 0.484 e. The van der Waals surface area contributed by atoms with Gasteiger partial charge in [-0.2, -0.15) is 0 Å². The Bertz CT molecular complexity index is 339. The van der Waals surface area contributed by atoms with Crippen LogP contribution in [0, 0.1) is 0 Å². The number of hydrogen-bond donors (Lipinski definition) is 0. The quantitative estimate of drug-likeness (QED) is 0.646. The van der Waals surface area contributed by atoms with E-state index >= 15 is 0 Å². The second-order valence-corrected chi connectivity index (χ2v) is 4.74. The van der Waals surface area contributed by atoms with E-state index in [0.29, 0.717) is 0 Å². The molecule has 0 amide bonds. The first-order valence-corrected chi connectivity index (χ1v) is 5.17. The van der Waals surface area contributed by atoms with E-state index in [4.69, 9.17) is 0 Å². The summed E-state index contributed by atoms with van der Waals surface area (Å²) in [6, 6.07) is 9.46. The molecule has 0 aromatic heterocycles. The summed E-state index contributed by atoms with van der Waals surface area (Å²) in [5.74, 6) is 0.0969. The van der Waals surface area contributed by atoms with Crippen molar-refractivity contribution in [1.29, 1.82) is 0 Å². The zero-order chi connectivity index (χ0) is 11.1. The van der Waals surface area contributed by atoms with E-state index in [2.05, 4.69) is 0 Å². The van der Waals surface area contributed by atoms with Gasteiger partial charge in [0.1, 0.15) is 0 Å². The number of halogens is 3. The van der Waals surface area contributed by atoms with Gasteiger partial charge >= 0.3 is 6.98 Å². The highest BCUT2D eigenvalue weighted by molar-refractivity contribution is 6.62. The minimum Gasteiger partial charge on any atom is -0.449 e. The monoisotopic (exact) mass is 213 g/mol. The van der Waals surface area contributed by atoms with Gasteiger partial charge in [0.25, 0.3) is 0 Å². The maximum atomic E-state index is 12.6. The molecule has 15 heavy (non-hydrogen) atoms. The van der Waals surface area contributed by atoms with Crippen molar-refractivity contribution in [2.45, 2.75) is 31.0 Å². The molecule has 1 fully saturated rings. The Hall–Kier alpha value is -0.925. The molecule has 0 atom stereocenters. The lowest BCUT2D eigenvalue weighted by Gasteiger charge is -2.52. The van der Waals surface area contributed by atoms with Gasteiger partial charge in [0.05, 0.1) is 0 Å². The summed E-state index contributed by atoms with van der Waals surface area (Å²) in [5.41, 5.74) is 1.04. The molecule has 0 aliphatic heterocycles. The second kappa shape index (κ2) is 3.29. The van der Waals surface area contributed by atoms with Crippen molar-refractivity contribution >= 4 is 6.98 Å². The lowest BCUT2D eigenvalue weighted by Crippen LogP contribution is -2.43. The molecule has 4 heteroatoms. The van der Waals surface area contributed by atoms with Crippen molar-refractivity contribution < 1.29 is 12.9 Å². The van der Waals surface area contributed by atoms with Gasteiger partial charge in [-0.3, -0.25) is 0 Å². The molecular formula is C11H13BF3-. The largest absolute Gasteiger partial charge is 0.484 e. The van der Waals surface area contributed by atoms with Gasteiger partial charge in [-0.25, -0.2) is 0 Å². The molecule has 0 radical (unpaired) electrons. The predicted octanol–water partition coefficient (Wildman–Crippen LogP) is 4.17. The first-order valence-electron chi connectivity index (χ1n) is 5.17. The summed E-state index contributed by atoms with van der Waals surface area (Å²) >= 11 is 0. The van der Waals surface area contributed by atoms with Crippen LogP contribution >= 0.6 is 0 Å². The van der Waals surface area contributed by atoms with Crippen LogP contribution in [-0.4, -0.2) is 6.98 Å². The Morgan fingerprint density at radius 2 is 1.67 bits per heavy atom. The van der Waals surface area contributed by atoms with Crippen molar-refractivity contribution in [2.75, 3.05) is 0 Å². The normalized spacial score (nSPS) is 31.1. The van der Waals surface area contributed by atoms with Crippen LogP contribution in [0.1, 0.15) is 31.2 Å². The molecule has 1 aliphatic carbocycles. The Kier molecular flexibility index (Phi) is 2.32. The first-order chi connectivity index (χ1) is 6.92. The van der Waals surface area contributed by atoms with E-state index in [0.717, 1.165) is 5.56 Å². The van der Waals surface area contributed by atoms with Crippen molar-refractivity contribution in [3.05, 3.63) is 35.9 Å². The fourth-order valence-electron chi connectivity index (χ4n) is 2.29. The Morgan fingerprint density at radius 3 is 2.13 bits per heavy atom. The summed E-state index contributed by atoms with van der Waals surface area (Å²) in [4.78, 5) is 0. The third-order valence-corrected chi connectivity index (χ3v) is 3.49. The molecule has 0 saturated heterocycles. The third kappa shape index (κ3) is 1.77. The minimum absolute atomic E-state index is 0.0969. The lowest BCUT2D eigenvalue weighted by molar-refractivity contribution is 0.226. The predicted molar refractivity (Wildman–Crippen MR) is 55.9 cm³/mol. The van der Waals surface area contributed by atoms with E-state index in [1.165, 1.54) is 6.92 Å². The van der Waals surface area contributed by atoms with Gasteiger partial charge in [-0.05, 0) is 11.5 Å². The van der Waals surface area contributed by atoms with Gasteiger partial charge in [-0.1, -0.05) is 55.4 Å². The van der Waals surface area contributed by atoms with Gasteiger partial charge in [-0.15, -0.1) is 0 Å². The fraction of sp³-hybridized carbons (Fsp3) is 0.455. The topological polar surface area (TPSA) is 0 Å². The van der Waals surface area contributed by atoms with Crippen LogP contribution in [0.4, 0.5) is 12.9 Å². The first kappa shape index (κ1) is 10.6. The van der Waals surface area contributed by atoms with Crippen LogP contribution in [-0.2, 0) is 0 Å². The van der Waals surface area contributed by atoms with Gasteiger partial charge in [0.15, 0.2) is 0 Å². The third-order valence-electron chi connectivity index (χ3n) is 3.49. The van der Waals surface area contributed by atoms with Crippen molar-refractivity contribution in [3.8, 4) is 0 Å². The Morgan fingerprint density at radius 1 is 1.13 bits per heavy atom. The molecule has 0 bridgehead atoms. The Labute approximate surface area is 87.6 Å². The van der Waals surface area contributed by atoms with E-state index < -0.39 is 12.3 Å². The number of benzene rings is 1. The SMILES string of the molecule is CC1([B-](F)(F)F)CC(c2ccccc2)C1. The van der Waals surface area contributed by atoms with Crippen molar-refractivity contribution in [1.82, 2.24) is 0 Å². The van der Waals surface area contributed by atoms with E-state index in [-0.39, 0.29) is 18.8 Å². The summed E-state index contributed by atoms with van der Waals surface area (Å²) in [6.45, 7) is -3.35. The molecule has 0 unspecified atom stereocenters. The van der Waals surface area contributed by atoms with Crippen LogP contribution in [0.2, 0.25) is 5.31 Å².